The summed E-state index contributed by atoms with van der Waals surface area (Å²) >= 11 is 6.55. The van der Waals surface area contributed by atoms with E-state index in [0.29, 0.717) is 30.9 Å². The number of hydrogen-bond acceptors (Lipinski definition) is 3. The molecule has 126 valence electrons. The van der Waals surface area contributed by atoms with Crippen LogP contribution in [0.25, 0.3) is 27.0 Å². The molecular weight excluding hydrogens is 369 g/mol. The van der Waals surface area contributed by atoms with E-state index in [4.69, 9.17) is 12.2 Å². The van der Waals surface area contributed by atoms with Gasteiger partial charge in [0.2, 0.25) is 0 Å². The number of nitrogens with one attached hydrogen (secondary N) is 1. The molecule has 8 heteroatoms. The van der Waals surface area contributed by atoms with E-state index in [9.17, 15) is 18.0 Å². The third-order valence-electron chi connectivity index (χ3n) is 3.88. The van der Waals surface area contributed by atoms with Gasteiger partial charge in [0.15, 0.2) is 3.95 Å². The van der Waals surface area contributed by atoms with Crippen molar-refractivity contribution >= 4 is 40.1 Å². The highest BCUT2D eigenvalue weighted by Gasteiger charge is 2.30. The minimum atomic E-state index is -4.44. The van der Waals surface area contributed by atoms with Crippen molar-refractivity contribution in [1.29, 1.82) is 0 Å². The van der Waals surface area contributed by atoms with E-state index in [-0.39, 0.29) is 5.56 Å². The normalized spacial score (nSPS) is 12.1. The Bertz CT molecular complexity index is 1230. The van der Waals surface area contributed by atoms with E-state index in [1.165, 1.54) is 6.07 Å². The van der Waals surface area contributed by atoms with Crippen LogP contribution in [0.1, 0.15) is 5.56 Å². The highest BCUT2D eigenvalue weighted by atomic mass is 32.1. The number of para-hydroxylation sites is 1. The van der Waals surface area contributed by atoms with Crippen molar-refractivity contribution in [2.75, 3.05) is 0 Å². The number of alkyl halides is 3. The predicted octanol–water partition coefficient (Wildman–Crippen LogP) is 5.26. The summed E-state index contributed by atoms with van der Waals surface area (Å²) in [5, 5.41) is 0.472. The number of nitrogens with zero attached hydrogens (tertiary/aromatic N) is 1. The molecule has 4 aromatic rings. The third kappa shape index (κ3) is 2.58. The van der Waals surface area contributed by atoms with Crippen LogP contribution in [-0.2, 0) is 6.18 Å². The van der Waals surface area contributed by atoms with E-state index in [1.807, 2.05) is 0 Å². The van der Waals surface area contributed by atoms with Gasteiger partial charge in [-0.15, -0.1) is 11.3 Å². The summed E-state index contributed by atoms with van der Waals surface area (Å²) in [5.41, 5.74) is 0.334. The minimum Gasteiger partial charge on any atom is -0.306 e. The molecule has 0 saturated carbocycles. The molecule has 0 saturated heterocycles. The molecule has 3 nitrogen and oxygen atoms in total. The summed E-state index contributed by atoms with van der Waals surface area (Å²) in [6.07, 6.45) is -4.44. The summed E-state index contributed by atoms with van der Waals surface area (Å²) in [7, 11) is 0. The molecule has 0 unspecified atom stereocenters. The molecule has 0 fully saturated rings. The molecule has 25 heavy (non-hydrogen) atoms. The average Bonchev–Trinajstić information content (AvgIpc) is 2.91. The van der Waals surface area contributed by atoms with E-state index < -0.39 is 11.7 Å². The van der Waals surface area contributed by atoms with E-state index in [2.05, 4.69) is 4.98 Å². The van der Waals surface area contributed by atoms with Crippen LogP contribution in [0.3, 0.4) is 0 Å². The van der Waals surface area contributed by atoms with Crippen LogP contribution in [0.5, 0.6) is 0 Å². The number of rotatable bonds is 1. The molecular formula is C17H9F3N2OS2. The van der Waals surface area contributed by atoms with Crippen molar-refractivity contribution in [3.05, 3.63) is 68.4 Å². The van der Waals surface area contributed by atoms with Crippen molar-refractivity contribution in [2.45, 2.75) is 6.18 Å². The Morgan fingerprint density at radius 3 is 2.60 bits per heavy atom. The maximum absolute atomic E-state index is 13.0. The molecule has 0 amide bonds. The van der Waals surface area contributed by atoms with Gasteiger partial charge in [-0.2, -0.15) is 13.2 Å². The second-order valence-electron chi connectivity index (χ2n) is 5.43. The van der Waals surface area contributed by atoms with Gasteiger partial charge in [0.1, 0.15) is 5.65 Å². The van der Waals surface area contributed by atoms with E-state index in [1.54, 1.807) is 34.7 Å². The lowest BCUT2D eigenvalue weighted by Crippen LogP contribution is -2.09. The second kappa shape index (κ2) is 5.53. The summed E-state index contributed by atoms with van der Waals surface area (Å²) < 4.78 is 41.1. The number of fused-ring (bicyclic) bond motifs is 3. The van der Waals surface area contributed by atoms with Crippen LogP contribution in [-0.4, -0.2) is 9.38 Å². The first-order valence-electron chi connectivity index (χ1n) is 7.20. The molecule has 0 spiro atoms. The lowest BCUT2D eigenvalue weighted by atomic mass is 10.1. The largest absolute Gasteiger partial charge is 0.416 e. The maximum Gasteiger partial charge on any atom is 0.416 e. The summed E-state index contributed by atoms with van der Waals surface area (Å²) in [5.74, 6) is 0. The number of hydrogen-bond donors (Lipinski definition) is 1. The minimum absolute atomic E-state index is 0.309. The fourth-order valence-electron chi connectivity index (χ4n) is 2.77. The van der Waals surface area contributed by atoms with Gasteiger partial charge in [0.05, 0.1) is 21.3 Å². The third-order valence-corrected chi connectivity index (χ3v) is 5.31. The predicted molar refractivity (Wildman–Crippen MR) is 94.7 cm³/mol. The van der Waals surface area contributed by atoms with Gasteiger partial charge in [-0.3, -0.25) is 9.20 Å². The maximum atomic E-state index is 13.0. The Kier molecular flexibility index (Phi) is 3.55. The smallest absolute Gasteiger partial charge is 0.306 e. The van der Waals surface area contributed by atoms with Gasteiger partial charge in [-0.1, -0.05) is 24.3 Å². The molecule has 0 bridgehead atoms. The topological polar surface area (TPSA) is 37.3 Å². The summed E-state index contributed by atoms with van der Waals surface area (Å²) in [6.45, 7) is 0. The highest BCUT2D eigenvalue weighted by molar-refractivity contribution is 7.73. The van der Waals surface area contributed by atoms with Gasteiger partial charge in [-0.05, 0) is 42.0 Å². The standard InChI is InChI=1S/C17H9F3N2OS2/c18-17(19,20)10-5-3-4-9(8-10)13-14-21-15(23)11-6-1-2-7-12(11)22(14)16(24)25-13/h1-8H,(H,21,23). The van der Waals surface area contributed by atoms with E-state index in [0.717, 1.165) is 23.5 Å². The first-order chi connectivity index (χ1) is 11.9. The molecule has 0 aliphatic rings. The summed E-state index contributed by atoms with van der Waals surface area (Å²) in [6, 6.07) is 12.0. The lowest BCUT2D eigenvalue weighted by Gasteiger charge is -2.08. The number of aromatic nitrogens is 2. The van der Waals surface area contributed by atoms with Crippen LogP contribution >= 0.6 is 23.6 Å². The monoisotopic (exact) mass is 378 g/mol. The zero-order chi connectivity index (χ0) is 17.8. The van der Waals surface area contributed by atoms with Crippen LogP contribution in [0.4, 0.5) is 13.2 Å². The van der Waals surface area contributed by atoms with Crippen LogP contribution < -0.4 is 5.56 Å². The first kappa shape index (κ1) is 16.0. The lowest BCUT2D eigenvalue weighted by molar-refractivity contribution is -0.137. The number of halogens is 3. The molecule has 0 atom stereocenters. The van der Waals surface area contributed by atoms with Crippen molar-refractivity contribution in [1.82, 2.24) is 9.38 Å². The van der Waals surface area contributed by atoms with Crippen LogP contribution in [0.15, 0.2) is 53.3 Å². The molecule has 2 aromatic carbocycles. The zero-order valence-corrected chi connectivity index (χ0v) is 14.1. The van der Waals surface area contributed by atoms with Gasteiger partial charge in [-0.25, -0.2) is 0 Å². The molecule has 1 N–H and O–H groups in total. The van der Waals surface area contributed by atoms with Crippen molar-refractivity contribution in [2.24, 2.45) is 0 Å². The number of aromatic amines is 1. The Morgan fingerprint density at radius 2 is 1.84 bits per heavy atom. The van der Waals surface area contributed by atoms with Crippen molar-refractivity contribution in [3.8, 4) is 10.4 Å². The Balaban J connectivity index is 2.08. The number of thiazole rings is 1. The second-order valence-corrected chi connectivity index (χ2v) is 7.08. The molecule has 2 heterocycles. The highest BCUT2D eigenvalue weighted by Crippen LogP contribution is 2.36. The van der Waals surface area contributed by atoms with Gasteiger partial charge < -0.3 is 4.98 Å². The van der Waals surface area contributed by atoms with Crippen LogP contribution in [0, 0.1) is 3.95 Å². The molecule has 2 aromatic heterocycles. The van der Waals surface area contributed by atoms with E-state index >= 15 is 0 Å². The van der Waals surface area contributed by atoms with Gasteiger partial charge >= 0.3 is 6.18 Å². The van der Waals surface area contributed by atoms with Gasteiger partial charge in [0, 0.05) is 0 Å². The quantitative estimate of drug-likeness (QED) is 0.459. The fourth-order valence-corrected chi connectivity index (χ4v) is 4.15. The molecule has 0 aliphatic carbocycles. The Labute approximate surface area is 148 Å². The van der Waals surface area contributed by atoms with Crippen molar-refractivity contribution < 1.29 is 13.2 Å². The summed E-state index contributed by atoms with van der Waals surface area (Å²) in [4.78, 5) is 15.6. The van der Waals surface area contributed by atoms with Gasteiger partial charge in [0.25, 0.3) is 5.56 Å². The molecule has 4 rings (SSSR count). The SMILES string of the molecule is O=c1[nH]c2c(-c3cccc(C(F)(F)F)c3)sc(=S)n2c2ccccc12. The van der Waals surface area contributed by atoms with Crippen LogP contribution in [0.2, 0.25) is 0 Å². The first-order valence-corrected chi connectivity index (χ1v) is 8.43. The Morgan fingerprint density at radius 1 is 1.08 bits per heavy atom. The zero-order valence-electron chi connectivity index (χ0n) is 12.4. The number of benzene rings is 2. The molecule has 0 radical (unpaired) electrons. The van der Waals surface area contributed by atoms with Crippen molar-refractivity contribution in [3.63, 3.8) is 0 Å². The fraction of sp³-hybridized carbons (Fsp3) is 0.0588. The molecule has 0 aliphatic heterocycles. The number of H-pyrrole nitrogens is 1. The Hall–Kier alpha value is -2.45. The average molecular weight is 378 g/mol.